The number of carbonyl (C=O) groups excluding carboxylic acids is 1. The van der Waals surface area contributed by atoms with Gasteiger partial charge in [-0.3, -0.25) is 4.79 Å². The molecule has 0 aliphatic rings. The Kier molecular flexibility index (Phi) is 6.73. The Hall–Kier alpha value is -2.51. The summed E-state index contributed by atoms with van der Waals surface area (Å²) < 4.78 is 12.5. The van der Waals surface area contributed by atoms with E-state index in [0.717, 1.165) is 34.2 Å². The van der Waals surface area contributed by atoms with Crippen LogP contribution in [0.5, 0.6) is 5.75 Å². The minimum atomic E-state index is -0.0211. The first-order chi connectivity index (χ1) is 13.2. The molecule has 3 aromatic rings. The number of rotatable bonds is 9. The summed E-state index contributed by atoms with van der Waals surface area (Å²) in [5.74, 6) is 1.39. The van der Waals surface area contributed by atoms with Crippen molar-refractivity contribution >= 4 is 34.4 Å². The lowest BCUT2D eigenvalue weighted by Gasteiger charge is -2.09. The third-order valence-corrected chi connectivity index (χ3v) is 5.05. The van der Waals surface area contributed by atoms with Gasteiger partial charge in [-0.1, -0.05) is 23.9 Å². The highest BCUT2D eigenvalue weighted by Gasteiger charge is 2.12. The number of carbonyl (C=O) groups is 1. The van der Waals surface area contributed by atoms with Gasteiger partial charge in [-0.2, -0.15) is 0 Å². The maximum atomic E-state index is 12.2. The summed E-state index contributed by atoms with van der Waals surface area (Å²) in [7, 11) is 3.31. The summed E-state index contributed by atoms with van der Waals surface area (Å²) in [5, 5.41) is 3.81. The van der Waals surface area contributed by atoms with Crippen molar-refractivity contribution in [2.45, 2.75) is 18.1 Å². The van der Waals surface area contributed by atoms with Crippen LogP contribution in [0.25, 0.3) is 11.0 Å². The zero-order valence-corrected chi connectivity index (χ0v) is 16.3. The van der Waals surface area contributed by atoms with Gasteiger partial charge in [0.1, 0.15) is 5.75 Å². The van der Waals surface area contributed by atoms with Crippen LogP contribution >= 0.6 is 11.8 Å². The maximum Gasteiger partial charge on any atom is 0.225 e. The van der Waals surface area contributed by atoms with Crippen LogP contribution in [0, 0.1) is 0 Å². The molecular formula is C20H23N3O3S. The van der Waals surface area contributed by atoms with E-state index in [2.05, 4.69) is 16.0 Å². The normalized spacial score (nSPS) is 10.9. The number of ether oxygens (including phenoxy) is 2. The van der Waals surface area contributed by atoms with Crippen molar-refractivity contribution in [3.8, 4) is 5.75 Å². The molecule has 1 aromatic heterocycles. The summed E-state index contributed by atoms with van der Waals surface area (Å²) in [5.41, 5.74) is 2.80. The molecular weight excluding hydrogens is 362 g/mol. The first-order valence-corrected chi connectivity index (χ1v) is 9.70. The van der Waals surface area contributed by atoms with Crippen LogP contribution in [0.4, 0.5) is 5.69 Å². The number of methoxy groups -OCH3 is 2. The number of para-hydroxylation sites is 2. The fourth-order valence-electron chi connectivity index (χ4n) is 2.70. The first-order valence-electron chi connectivity index (χ1n) is 8.72. The molecule has 27 heavy (non-hydrogen) atoms. The number of nitrogens with zero attached hydrogens (tertiary/aromatic N) is 2. The molecule has 0 atom stereocenters. The van der Waals surface area contributed by atoms with Crippen molar-refractivity contribution in [1.82, 2.24) is 9.55 Å². The highest BCUT2D eigenvalue weighted by Crippen LogP contribution is 2.24. The van der Waals surface area contributed by atoms with Gasteiger partial charge in [-0.25, -0.2) is 4.98 Å². The van der Waals surface area contributed by atoms with Crippen LogP contribution < -0.4 is 10.1 Å². The standard InChI is InChI=1S/C20H23N3O3S/c1-25-13-12-23-18-6-4-3-5-17(18)22-20(23)27-14-11-19(24)21-15-7-9-16(26-2)10-8-15/h3-10H,11-14H2,1-2H3,(H,21,24). The zero-order valence-electron chi connectivity index (χ0n) is 15.5. The van der Waals surface area contributed by atoms with Crippen molar-refractivity contribution in [3.05, 3.63) is 48.5 Å². The zero-order chi connectivity index (χ0) is 19.1. The van der Waals surface area contributed by atoms with Gasteiger partial charge in [0, 0.05) is 31.5 Å². The SMILES string of the molecule is COCCn1c(SCCC(=O)Nc2ccc(OC)cc2)nc2ccccc21. The Morgan fingerprint density at radius 2 is 1.93 bits per heavy atom. The van der Waals surface area contributed by atoms with Gasteiger partial charge in [0.05, 0.1) is 24.8 Å². The van der Waals surface area contributed by atoms with Gasteiger partial charge >= 0.3 is 0 Å². The molecule has 1 amide bonds. The second kappa shape index (κ2) is 9.43. The third-order valence-electron chi connectivity index (χ3n) is 4.07. The van der Waals surface area contributed by atoms with E-state index in [9.17, 15) is 4.79 Å². The van der Waals surface area contributed by atoms with E-state index in [1.54, 1.807) is 26.0 Å². The van der Waals surface area contributed by atoms with Gasteiger partial charge in [0.2, 0.25) is 5.91 Å². The first kappa shape index (κ1) is 19.3. The molecule has 0 spiro atoms. The predicted octanol–water partition coefficient (Wildman–Crippen LogP) is 3.81. The average molecular weight is 385 g/mol. The van der Waals surface area contributed by atoms with E-state index in [1.807, 2.05) is 42.5 Å². The smallest absolute Gasteiger partial charge is 0.225 e. The summed E-state index contributed by atoms with van der Waals surface area (Å²) in [4.78, 5) is 16.9. The largest absolute Gasteiger partial charge is 0.497 e. The monoisotopic (exact) mass is 385 g/mol. The van der Waals surface area contributed by atoms with E-state index < -0.39 is 0 Å². The van der Waals surface area contributed by atoms with E-state index >= 15 is 0 Å². The van der Waals surface area contributed by atoms with Crippen molar-refractivity contribution < 1.29 is 14.3 Å². The molecule has 1 heterocycles. The summed E-state index contributed by atoms with van der Waals surface area (Å²) in [6, 6.07) is 15.3. The Labute approximate surface area is 162 Å². The Morgan fingerprint density at radius 1 is 1.15 bits per heavy atom. The van der Waals surface area contributed by atoms with Crippen LogP contribution in [0.3, 0.4) is 0 Å². The fourth-order valence-corrected chi connectivity index (χ4v) is 3.67. The number of hydrogen-bond donors (Lipinski definition) is 1. The lowest BCUT2D eigenvalue weighted by Crippen LogP contribution is -2.12. The van der Waals surface area contributed by atoms with Crippen molar-refractivity contribution in [2.75, 3.05) is 31.9 Å². The van der Waals surface area contributed by atoms with E-state index in [4.69, 9.17) is 14.5 Å². The number of aromatic nitrogens is 2. The van der Waals surface area contributed by atoms with Crippen LogP contribution in [-0.2, 0) is 16.1 Å². The highest BCUT2D eigenvalue weighted by molar-refractivity contribution is 7.99. The van der Waals surface area contributed by atoms with Crippen molar-refractivity contribution in [2.24, 2.45) is 0 Å². The minimum Gasteiger partial charge on any atom is -0.497 e. The summed E-state index contributed by atoms with van der Waals surface area (Å²) >= 11 is 1.58. The molecule has 0 saturated carbocycles. The molecule has 0 aliphatic carbocycles. The number of amides is 1. The fraction of sp³-hybridized carbons (Fsp3) is 0.300. The number of hydrogen-bond acceptors (Lipinski definition) is 5. The number of imidazole rings is 1. The van der Waals surface area contributed by atoms with Crippen LogP contribution in [0.15, 0.2) is 53.7 Å². The van der Waals surface area contributed by atoms with Gasteiger partial charge < -0.3 is 19.4 Å². The molecule has 7 heteroatoms. The van der Waals surface area contributed by atoms with Crippen LogP contribution in [0.1, 0.15) is 6.42 Å². The molecule has 0 unspecified atom stereocenters. The van der Waals surface area contributed by atoms with E-state index in [0.29, 0.717) is 18.8 Å². The van der Waals surface area contributed by atoms with Gasteiger partial charge in [0.25, 0.3) is 0 Å². The average Bonchev–Trinajstić information content (AvgIpc) is 3.04. The van der Waals surface area contributed by atoms with Gasteiger partial charge in [0.15, 0.2) is 5.16 Å². The van der Waals surface area contributed by atoms with Gasteiger partial charge in [-0.15, -0.1) is 0 Å². The third kappa shape index (κ3) is 5.02. The molecule has 0 aliphatic heterocycles. The molecule has 0 saturated heterocycles. The number of nitrogens with one attached hydrogen (secondary N) is 1. The number of thioether (sulfide) groups is 1. The Morgan fingerprint density at radius 3 is 2.67 bits per heavy atom. The highest BCUT2D eigenvalue weighted by atomic mass is 32.2. The second-order valence-electron chi connectivity index (χ2n) is 5.90. The number of anilines is 1. The molecule has 0 radical (unpaired) electrons. The summed E-state index contributed by atoms with van der Waals surface area (Å²) in [6.45, 7) is 1.35. The van der Waals surface area contributed by atoms with Crippen LogP contribution in [0.2, 0.25) is 0 Å². The molecule has 0 fully saturated rings. The van der Waals surface area contributed by atoms with E-state index in [1.165, 1.54) is 0 Å². The molecule has 0 bridgehead atoms. The molecule has 142 valence electrons. The molecule has 2 aromatic carbocycles. The van der Waals surface area contributed by atoms with Crippen molar-refractivity contribution in [1.29, 1.82) is 0 Å². The lowest BCUT2D eigenvalue weighted by molar-refractivity contribution is -0.115. The molecule has 6 nitrogen and oxygen atoms in total. The quantitative estimate of drug-likeness (QED) is 0.568. The topological polar surface area (TPSA) is 65.4 Å². The number of benzene rings is 2. The molecule has 1 N–H and O–H groups in total. The number of fused-ring (bicyclic) bond motifs is 1. The molecule has 3 rings (SSSR count). The van der Waals surface area contributed by atoms with Gasteiger partial charge in [-0.05, 0) is 36.4 Å². The summed E-state index contributed by atoms with van der Waals surface area (Å²) in [6.07, 6.45) is 0.407. The van der Waals surface area contributed by atoms with Crippen molar-refractivity contribution in [3.63, 3.8) is 0 Å². The Balaban J connectivity index is 1.58. The Bertz CT molecular complexity index is 893. The minimum absolute atomic E-state index is 0.0211. The maximum absolute atomic E-state index is 12.2. The van der Waals surface area contributed by atoms with Crippen LogP contribution in [-0.4, -0.2) is 42.0 Å². The van der Waals surface area contributed by atoms with E-state index in [-0.39, 0.29) is 5.91 Å². The lowest BCUT2D eigenvalue weighted by atomic mass is 10.3. The second-order valence-corrected chi connectivity index (χ2v) is 6.96. The predicted molar refractivity (Wildman–Crippen MR) is 109 cm³/mol.